The lowest BCUT2D eigenvalue weighted by molar-refractivity contribution is 0.101. The van der Waals surface area contributed by atoms with E-state index in [1.807, 2.05) is 14.2 Å². The van der Waals surface area contributed by atoms with Crippen LogP contribution in [-0.4, -0.2) is 44.8 Å². The predicted molar refractivity (Wildman–Crippen MR) is 70.1 cm³/mol. The number of likely N-dealkylation sites (N-methyl/N-ethyl adjacent to an activating group) is 1. The van der Waals surface area contributed by atoms with Gasteiger partial charge >= 0.3 is 0 Å². The van der Waals surface area contributed by atoms with Crippen LogP contribution < -0.4 is 5.32 Å². The Labute approximate surface area is 104 Å². The molecule has 2 rings (SSSR count). The molecule has 1 N–H and O–H groups in total. The molecule has 1 aliphatic heterocycles. The van der Waals surface area contributed by atoms with Crippen molar-refractivity contribution >= 4 is 0 Å². The van der Waals surface area contributed by atoms with Gasteiger partial charge in [0.25, 0.3) is 0 Å². The van der Waals surface area contributed by atoms with E-state index in [-0.39, 0.29) is 0 Å². The normalized spacial score (nSPS) is 22.8. The van der Waals surface area contributed by atoms with Gasteiger partial charge in [0.15, 0.2) is 0 Å². The lowest BCUT2D eigenvalue weighted by Gasteiger charge is -2.28. The summed E-state index contributed by atoms with van der Waals surface area (Å²) in [6, 6.07) is 11.2. The van der Waals surface area contributed by atoms with Gasteiger partial charge in [-0.25, -0.2) is 0 Å². The smallest absolute Gasteiger partial charge is 0.0710 e. The fourth-order valence-electron chi connectivity index (χ4n) is 2.56. The molecular formula is C14H22N2O. The van der Waals surface area contributed by atoms with Crippen molar-refractivity contribution in [3.8, 4) is 0 Å². The molecule has 1 fully saturated rings. The van der Waals surface area contributed by atoms with Gasteiger partial charge in [-0.2, -0.15) is 0 Å². The second-order valence-electron chi connectivity index (χ2n) is 4.63. The van der Waals surface area contributed by atoms with Crippen LogP contribution >= 0.6 is 0 Å². The number of nitrogens with zero attached hydrogens (tertiary/aromatic N) is 1. The Morgan fingerprint density at radius 3 is 2.76 bits per heavy atom. The molecule has 0 saturated carbocycles. The summed E-state index contributed by atoms with van der Waals surface area (Å²) in [5.41, 5.74) is 1.39. The second kappa shape index (κ2) is 6.15. The molecule has 1 aromatic carbocycles. The van der Waals surface area contributed by atoms with Gasteiger partial charge in [-0.15, -0.1) is 0 Å². The highest BCUT2D eigenvalue weighted by molar-refractivity contribution is 5.19. The van der Waals surface area contributed by atoms with E-state index in [9.17, 15) is 0 Å². The van der Waals surface area contributed by atoms with E-state index in [1.54, 1.807) is 0 Å². The maximum atomic E-state index is 5.44. The van der Waals surface area contributed by atoms with Crippen LogP contribution in [0.2, 0.25) is 0 Å². The van der Waals surface area contributed by atoms with E-state index in [2.05, 4.69) is 40.5 Å². The highest BCUT2D eigenvalue weighted by Gasteiger charge is 2.28. The van der Waals surface area contributed by atoms with Gasteiger partial charge < -0.3 is 10.1 Å². The first-order valence-electron chi connectivity index (χ1n) is 6.31. The number of nitrogens with one attached hydrogen (secondary N) is 1. The van der Waals surface area contributed by atoms with Crippen LogP contribution in [0.25, 0.3) is 0 Å². The standard InChI is InChI=1S/C14H22N2O/c1-15-10-14(12-6-4-3-5-7-12)16-9-8-13(11-16)17-2/h3-7,13-15H,8-11H2,1-2H3. The molecule has 3 heteroatoms. The Bertz CT molecular complexity index is 328. The van der Waals surface area contributed by atoms with E-state index in [1.165, 1.54) is 5.56 Å². The quantitative estimate of drug-likeness (QED) is 0.838. The summed E-state index contributed by atoms with van der Waals surface area (Å²) in [5, 5.41) is 3.29. The Balaban J connectivity index is 2.08. The molecular weight excluding hydrogens is 212 g/mol. The summed E-state index contributed by atoms with van der Waals surface area (Å²) in [6.07, 6.45) is 1.54. The molecule has 1 aliphatic rings. The summed E-state index contributed by atoms with van der Waals surface area (Å²) in [6.45, 7) is 3.15. The van der Waals surface area contributed by atoms with E-state index in [0.717, 1.165) is 26.1 Å². The SMILES string of the molecule is CNCC(c1ccccc1)N1CCC(OC)C1. The van der Waals surface area contributed by atoms with Crippen molar-refractivity contribution in [2.24, 2.45) is 0 Å². The van der Waals surface area contributed by atoms with Crippen LogP contribution in [-0.2, 0) is 4.74 Å². The van der Waals surface area contributed by atoms with E-state index in [0.29, 0.717) is 12.1 Å². The lowest BCUT2D eigenvalue weighted by atomic mass is 10.1. The van der Waals surface area contributed by atoms with Crippen LogP contribution in [0.15, 0.2) is 30.3 Å². The zero-order chi connectivity index (χ0) is 12.1. The maximum absolute atomic E-state index is 5.44. The first kappa shape index (κ1) is 12.6. The minimum absolute atomic E-state index is 0.401. The molecule has 17 heavy (non-hydrogen) atoms. The second-order valence-corrected chi connectivity index (χ2v) is 4.63. The third kappa shape index (κ3) is 3.06. The summed E-state index contributed by atoms with van der Waals surface area (Å²) < 4.78 is 5.44. The number of likely N-dealkylation sites (tertiary alicyclic amines) is 1. The van der Waals surface area contributed by atoms with Crippen molar-refractivity contribution in [3.63, 3.8) is 0 Å². The molecule has 2 atom stereocenters. The molecule has 0 amide bonds. The summed E-state index contributed by atoms with van der Waals surface area (Å²) >= 11 is 0. The van der Waals surface area contributed by atoms with Crippen molar-refractivity contribution in [3.05, 3.63) is 35.9 Å². The number of rotatable bonds is 5. The minimum Gasteiger partial charge on any atom is -0.380 e. The third-order valence-corrected chi connectivity index (χ3v) is 3.53. The van der Waals surface area contributed by atoms with Gasteiger partial charge in [0.1, 0.15) is 0 Å². The van der Waals surface area contributed by atoms with Crippen molar-refractivity contribution in [1.29, 1.82) is 0 Å². The molecule has 3 nitrogen and oxygen atoms in total. The average Bonchev–Trinajstić information content (AvgIpc) is 2.85. The molecule has 1 heterocycles. The fourth-order valence-corrected chi connectivity index (χ4v) is 2.56. The van der Waals surface area contributed by atoms with E-state index in [4.69, 9.17) is 4.74 Å². The first-order valence-corrected chi connectivity index (χ1v) is 6.31. The summed E-state index contributed by atoms with van der Waals surface area (Å²) in [4.78, 5) is 2.51. The Morgan fingerprint density at radius 1 is 1.41 bits per heavy atom. The molecule has 1 saturated heterocycles. The van der Waals surface area contributed by atoms with Crippen LogP contribution in [0.3, 0.4) is 0 Å². The molecule has 2 unspecified atom stereocenters. The van der Waals surface area contributed by atoms with Crippen LogP contribution in [0.4, 0.5) is 0 Å². The summed E-state index contributed by atoms with van der Waals surface area (Å²) in [5.74, 6) is 0. The molecule has 1 aromatic rings. The molecule has 0 aliphatic carbocycles. The largest absolute Gasteiger partial charge is 0.380 e. The number of hydrogen-bond donors (Lipinski definition) is 1. The van der Waals surface area contributed by atoms with Crippen molar-refractivity contribution < 1.29 is 4.74 Å². The van der Waals surface area contributed by atoms with Crippen LogP contribution in [0, 0.1) is 0 Å². The summed E-state index contributed by atoms with van der Waals surface area (Å²) in [7, 11) is 3.82. The lowest BCUT2D eigenvalue weighted by Crippen LogP contribution is -2.34. The minimum atomic E-state index is 0.401. The van der Waals surface area contributed by atoms with Crippen molar-refractivity contribution in [2.45, 2.75) is 18.6 Å². The van der Waals surface area contributed by atoms with Gasteiger partial charge in [0, 0.05) is 32.8 Å². The van der Waals surface area contributed by atoms with Gasteiger partial charge in [-0.3, -0.25) is 4.90 Å². The highest BCUT2D eigenvalue weighted by atomic mass is 16.5. The third-order valence-electron chi connectivity index (χ3n) is 3.53. The van der Waals surface area contributed by atoms with Crippen LogP contribution in [0.5, 0.6) is 0 Å². The predicted octanol–water partition coefficient (Wildman–Crippen LogP) is 1.67. The highest BCUT2D eigenvalue weighted by Crippen LogP contribution is 2.25. The fraction of sp³-hybridized carbons (Fsp3) is 0.571. The average molecular weight is 234 g/mol. The zero-order valence-electron chi connectivity index (χ0n) is 10.7. The topological polar surface area (TPSA) is 24.5 Å². The zero-order valence-corrected chi connectivity index (χ0v) is 10.7. The van der Waals surface area contributed by atoms with Crippen LogP contribution in [0.1, 0.15) is 18.0 Å². The first-order chi connectivity index (χ1) is 8.35. The van der Waals surface area contributed by atoms with Gasteiger partial charge in [-0.1, -0.05) is 30.3 Å². The van der Waals surface area contributed by atoms with Gasteiger partial charge in [-0.05, 0) is 19.0 Å². The number of hydrogen-bond acceptors (Lipinski definition) is 3. The molecule has 0 radical (unpaired) electrons. The number of ether oxygens (including phenoxy) is 1. The van der Waals surface area contributed by atoms with Gasteiger partial charge in [0.05, 0.1) is 6.10 Å². The monoisotopic (exact) mass is 234 g/mol. The van der Waals surface area contributed by atoms with Crippen molar-refractivity contribution in [2.75, 3.05) is 33.8 Å². The Morgan fingerprint density at radius 2 is 2.18 bits per heavy atom. The maximum Gasteiger partial charge on any atom is 0.0710 e. The molecule has 0 aromatic heterocycles. The van der Waals surface area contributed by atoms with E-state index >= 15 is 0 Å². The Hall–Kier alpha value is -0.900. The molecule has 0 spiro atoms. The van der Waals surface area contributed by atoms with Crippen molar-refractivity contribution in [1.82, 2.24) is 10.2 Å². The molecule has 0 bridgehead atoms. The van der Waals surface area contributed by atoms with Gasteiger partial charge in [0.2, 0.25) is 0 Å². The number of methoxy groups -OCH3 is 1. The number of benzene rings is 1. The Kier molecular flexibility index (Phi) is 4.54. The van der Waals surface area contributed by atoms with E-state index < -0.39 is 0 Å². The molecule has 94 valence electrons.